The lowest BCUT2D eigenvalue weighted by atomic mass is 10.2. The molecular formula is C21H16O5S. The SMILES string of the molecule is O=C(OCC#Cc1ccccc1)c1occc1CS(=O)(=O)c1ccccc1. The van der Waals surface area contributed by atoms with Gasteiger partial charge in [0.15, 0.2) is 16.4 Å². The van der Waals surface area contributed by atoms with E-state index in [1.54, 1.807) is 18.2 Å². The summed E-state index contributed by atoms with van der Waals surface area (Å²) in [7, 11) is -3.60. The molecule has 0 bridgehead atoms. The average molecular weight is 380 g/mol. The molecule has 0 N–H and O–H groups in total. The smallest absolute Gasteiger partial charge is 0.375 e. The lowest BCUT2D eigenvalue weighted by Gasteiger charge is -2.04. The van der Waals surface area contributed by atoms with Crippen LogP contribution < -0.4 is 0 Å². The fourth-order valence-corrected chi connectivity index (χ4v) is 3.75. The number of carbonyl (C=O) groups excluding carboxylic acids is 1. The number of esters is 1. The quantitative estimate of drug-likeness (QED) is 0.501. The highest BCUT2D eigenvalue weighted by Crippen LogP contribution is 2.20. The van der Waals surface area contributed by atoms with Crippen molar-refractivity contribution in [1.29, 1.82) is 0 Å². The maximum atomic E-state index is 12.5. The zero-order valence-corrected chi connectivity index (χ0v) is 15.1. The van der Waals surface area contributed by atoms with Crippen molar-refractivity contribution in [3.63, 3.8) is 0 Å². The van der Waals surface area contributed by atoms with Crippen LogP contribution in [0.4, 0.5) is 0 Å². The molecule has 0 fully saturated rings. The number of furan rings is 1. The molecule has 0 amide bonds. The van der Waals surface area contributed by atoms with Gasteiger partial charge in [-0.2, -0.15) is 0 Å². The summed E-state index contributed by atoms with van der Waals surface area (Å²) in [4.78, 5) is 12.4. The number of sulfone groups is 1. The number of carbonyl (C=O) groups is 1. The first-order chi connectivity index (χ1) is 13.1. The molecule has 0 saturated heterocycles. The summed E-state index contributed by atoms with van der Waals surface area (Å²) in [5.41, 5.74) is 1.06. The van der Waals surface area contributed by atoms with Crippen LogP contribution in [0, 0.1) is 11.8 Å². The van der Waals surface area contributed by atoms with Crippen molar-refractivity contribution in [3.8, 4) is 11.8 Å². The molecule has 2 aromatic carbocycles. The third-order valence-electron chi connectivity index (χ3n) is 3.66. The van der Waals surface area contributed by atoms with Crippen LogP contribution in [-0.2, 0) is 20.3 Å². The Kier molecular flexibility index (Phi) is 5.74. The van der Waals surface area contributed by atoms with Gasteiger partial charge in [-0.1, -0.05) is 48.2 Å². The zero-order chi connectivity index (χ0) is 19.1. The molecule has 0 aliphatic rings. The van der Waals surface area contributed by atoms with Gasteiger partial charge in [-0.25, -0.2) is 13.2 Å². The molecular weight excluding hydrogens is 364 g/mol. The molecule has 1 heterocycles. The molecule has 0 radical (unpaired) electrons. The number of rotatable bonds is 5. The van der Waals surface area contributed by atoms with E-state index in [1.165, 1.54) is 24.5 Å². The normalized spacial score (nSPS) is 10.7. The van der Waals surface area contributed by atoms with Crippen LogP contribution in [0.25, 0.3) is 0 Å². The summed E-state index contributed by atoms with van der Waals surface area (Å²) in [5, 5.41) is 0. The van der Waals surface area contributed by atoms with Gasteiger partial charge in [0.25, 0.3) is 0 Å². The molecule has 6 heteroatoms. The fraction of sp³-hybridized carbons (Fsp3) is 0.0952. The molecule has 136 valence electrons. The van der Waals surface area contributed by atoms with Gasteiger partial charge in [-0.3, -0.25) is 0 Å². The van der Waals surface area contributed by atoms with Crippen molar-refractivity contribution in [2.45, 2.75) is 10.6 Å². The Labute approximate surface area is 157 Å². The largest absolute Gasteiger partial charge is 0.457 e. The Balaban J connectivity index is 1.66. The highest BCUT2D eigenvalue weighted by Gasteiger charge is 2.23. The number of hydrogen-bond donors (Lipinski definition) is 0. The van der Waals surface area contributed by atoms with Gasteiger partial charge in [-0.15, -0.1) is 0 Å². The summed E-state index contributed by atoms with van der Waals surface area (Å²) in [5.74, 6) is 4.37. The third-order valence-corrected chi connectivity index (χ3v) is 5.34. The van der Waals surface area contributed by atoms with Gasteiger partial charge < -0.3 is 9.15 Å². The van der Waals surface area contributed by atoms with Crippen LogP contribution in [0.3, 0.4) is 0 Å². The number of benzene rings is 2. The summed E-state index contributed by atoms with van der Waals surface area (Å²) < 4.78 is 35.2. The lowest BCUT2D eigenvalue weighted by Crippen LogP contribution is -2.10. The topological polar surface area (TPSA) is 73.6 Å². The molecule has 1 aromatic heterocycles. The van der Waals surface area contributed by atoms with Crippen molar-refractivity contribution in [2.75, 3.05) is 6.61 Å². The minimum Gasteiger partial charge on any atom is -0.457 e. The van der Waals surface area contributed by atoms with E-state index in [4.69, 9.17) is 9.15 Å². The fourth-order valence-electron chi connectivity index (χ4n) is 2.37. The van der Waals surface area contributed by atoms with Crippen LogP contribution in [0.2, 0.25) is 0 Å². The monoisotopic (exact) mass is 380 g/mol. The van der Waals surface area contributed by atoms with Gasteiger partial charge in [0, 0.05) is 11.1 Å². The summed E-state index contributed by atoms with van der Waals surface area (Å²) in [6.45, 7) is -0.126. The Morgan fingerprint density at radius 1 is 0.963 bits per heavy atom. The molecule has 3 rings (SSSR count). The van der Waals surface area contributed by atoms with Crippen LogP contribution in [0.15, 0.2) is 82.3 Å². The van der Waals surface area contributed by atoms with Crippen LogP contribution in [0.1, 0.15) is 21.7 Å². The van der Waals surface area contributed by atoms with Crippen molar-refractivity contribution in [1.82, 2.24) is 0 Å². The third kappa shape index (κ3) is 4.87. The number of hydrogen-bond acceptors (Lipinski definition) is 5. The Bertz CT molecular complexity index is 1070. The molecule has 0 unspecified atom stereocenters. The first-order valence-electron chi connectivity index (χ1n) is 8.11. The molecule has 0 spiro atoms. The standard InChI is InChI=1S/C21H16O5S/c22-21(26-14-7-10-17-8-3-1-4-9-17)20-18(13-15-25-20)16-27(23,24)19-11-5-2-6-12-19/h1-6,8-9,11-13,15H,14,16H2. The lowest BCUT2D eigenvalue weighted by molar-refractivity contribution is 0.0519. The Morgan fingerprint density at radius 3 is 2.33 bits per heavy atom. The molecule has 0 atom stereocenters. The first kappa shape index (κ1) is 18.5. The van der Waals surface area contributed by atoms with E-state index in [9.17, 15) is 13.2 Å². The van der Waals surface area contributed by atoms with Gasteiger partial charge in [0.05, 0.1) is 16.9 Å². The van der Waals surface area contributed by atoms with E-state index in [0.717, 1.165) is 5.56 Å². The minimum atomic E-state index is -3.60. The van der Waals surface area contributed by atoms with E-state index in [-0.39, 0.29) is 28.6 Å². The zero-order valence-electron chi connectivity index (χ0n) is 14.3. The molecule has 5 nitrogen and oxygen atoms in total. The average Bonchev–Trinajstić information content (AvgIpc) is 3.14. The molecule has 0 aliphatic carbocycles. The highest BCUT2D eigenvalue weighted by molar-refractivity contribution is 7.90. The number of ether oxygens (including phenoxy) is 1. The predicted molar refractivity (Wildman–Crippen MR) is 99.6 cm³/mol. The summed E-state index contributed by atoms with van der Waals surface area (Å²) in [6, 6.07) is 18.8. The summed E-state index contributed by atoms with van der Waals surface area (Å²) >= 11 is 0. The molecule has 0 saturated carbocycles. The van der Waals surface area contributed by atoms with Crippen LogP contribution in [-0.4, -0.2) is 21.0 Å². The van der Waals surface area contributed by atoms with Crippen LogP contribution >= 0.6 is 0 Å². The Hall–Kier alpha value is -3.30. The van der Waals surface area contributed by atoms with Gasteiger partial charge in [0.2, 0.25) is 5.76 Å². The van der Waals surface area contributed by atoms with Gasteiger partial charge in [-0.05, 0) is 30.3 Å². The van der Waals surface area contributed by atoms with Crippen molar-refractivity contribution < 1.29 is 22.4 Å². The van der Waals surface area contributed by atoms with E-state index < -0.39 is 15.8 Å². The van der Waals surface area contributed by atoms with Crippen molar-refractivity contribution >= 4 is 15.8 Å². The van der Waals surface area contributed by atoms with Gasteiger partial charge >= 0.3 is 5.97 Å². The maximum absolute atomic E-state index is 12.5. The maximum Gasteiger partial charge on any atom is 0.375 e. The van der Waals surface area contributed by atoms with E-state index in [2.05, 4.69) is 11.8 Å². The van der Waals surface area contributed by atoms with Crippen molar-refractivity contribution in [2.24, 2.45) is 0 Å². The summed E-state index contributed by atoms with van der Waals surface area (Å²) in [6.07, 6.45) is 1.27. The first-order valence-corrected chi connectivity index (χ1v) is 9.77. The van der Waals surface area contributed by atoms with E-state index in [0.29, 0.717) is 0 Å². The Morgan fingerprint density at radius 2 is 1.63 bits per heavy atom. The second-order valence-electron chi connectivity index (χ2n) is 5.59. The van der Waals surface area contributed by atoms with E-state index in [1.807, 2.05) is 30.3 Å². The molecule has 3 aromatic rings. The van der Waals surface area contributed by atoms with Gasteiger partial charge in [0.1, 0.15) is 0 Å². The second-order valence-corrected chi connectivity index (χ2v) is 7.58. The van der Waals surface area contributed by atoms with E-state index >= 15 is 0 Å². The minimum absolute atomic E-state index is 0.126. The van der Waals surface area contributed by atoms with Crippen LogP contribution in [0.5, 0.6) is 0 Å². The molecule has 27 heavy (non-hydrogen) atoms. The molecule has 0 aliphatic heterocycles. The highest BCUT2D eigenvalue weighted by atomic mass is 32.2. The second kappa shape index (κ2) is 8.39. The predicted octanol–water partition coefficient (Wildman–Crippen LogP) is 3.46. The van der Waals surface area contributed by atoms with Crippen molar-refractivity contribution in [3.05, 3.63) is 89.9 Å².